The van der Waals surface area contributed by atoms with Crippen LogP contribution in [0.1, 0.15) is 75.3 Å². The zero-order valence-corrected chi connectivity index (χ0v) is 12.6. The molecule has 0 amide bonds. The fraction of sp³-hybridized carbons (Fsp3) is 0.632. The highest BCUT2D eigenvalue weighted by molar-refractivity contribution is 5.32. The van der Waals surface area contributed by atoms with Crippen molar-refractivity contribution < 1.29 is 0 Å². The molecule has 0 saturated heterocycles. The van der Waals surface area contributed by atoms with Crippen LogP contribution in [-0.2, 0) is 6.42 Å². The Morgan fingerprint density at radius 3 is 2.60 bits per heavy atom. The molecule has 0 unspecified atom stereocenters. The number of nitrogens with zero attached hydrogens (tertiary/aromatic N) is 1. The van der Waals surface area contributed by atoms with Gasteiger partial charge in [-0.2, -0.15) is 5.26 Å². The van der Waals surface area contributed by atoms with Crippen LogP contribution in [0, 0.1) is 17.2 Å². The van der Waals surface area contributed by atoms with Crippen molar-refractivity contribution in [1.29, 1.82) is 5.26 Å². The van der Waals surface area contributed by atoms with Crippen LogP contribution in [-0.4, -0.2) is 0 Å². The summed E-state index contributed by atoms with van der Waals surface area (Å²) >= 11 is 0. The lowest BCUT2D eigenvalue weighted by Gasteiger charge is -2.21. The minimum Gasteiger partial charge on any atom is -0.192 e. The maximum atomic E-state index is 8.88. The zero-order chi connectivity index (χ0) is 14.0. The van der Waals surface area contributed by atoms with Gasteiger partial charge in [0.15, 0.2) is 0 Å². The second-order valence-corrected chi connectivity index (χ2v) is 6.27. The lowest BCUT2D eigenvalue weighted by atomic mass is 9.85. The standard InChI is InChI=1S/C19H27N/c20-16-19-14-8-13-18(15-19)12-5-2-1-4-9-17-10-6-3-7-11-17/h8,13-15,17H,1-7,9-12H2. The van der Waals surface area contributed by atoms with Gasteiger partial charge in [-0.3, -0.25) is 0 Å². The van der Waals surface area contributed by atoms with Crippen LogP contribution in [0.5, 0.6) is 0 Å². The molecule has 2 rings (SSSR count). The van der Waals surface area contributed by atoms with Crippen LogP contribution in [0.4, 0.5) is 0 Å². The fourth-order valence-corrected chi connectivity index (χ4v) is 3.39. The lowest BCUT2D eigenvalue weighted by Crippen LogP contribution is -2.05. The second kappa shape index (κ2) is 8.80. The number of hydrogen-bond acceptors (Lipinski definition) is 1. The SMILES string of the molecule is N#Cc1cccc(CCCCCCC2CCCCC2)c1. The van der Waals surface area contributed by atoms with Crippen molar-refractivity contribution >= 4 is 0 Å². The fourth-order valence-electron chi connectivity index (χ4n) is 3.39. The minimum absolute atomic E-state index is 0.791. The molecule has 1 saturated carbocycles. The molecular weight excluding hydrogens is 242 g/mol. The Morgan fingerprint density at radius 2 is 1.80 bits per heavy atom. The van der Waals surface area contributed by atoms with Gasteiger partial charge in [0.2, 0.25) is 0 Å². The first-order chi connectivity index (χ1) is 9.88. The highest BCUT2D eigenvalue weighted by Crippen LogP contribution is 2.28. The van der Waals surface area contributed by atoms with Gasteiger partial charge in [0.1, 0.15) is 0 Å². The van der Waals surface area contributed by atoms with Gasteiger partial charge < -0.3 is 0 Å². The molecular formula is C19H27N. The minimum atomic E-state index is 0.791. The van der Waals surface area contributed by atoms with E-state index in [-0.39, 0.29) is 0 Å². The summed E-state index contributed by atoms with van der Waals surface area (Å²) in [7, 11) is 0. The van der Waals surface area contributed by atoms with Crippen LogP contribution in [0.25, 0.3) is 0 Å². The normalized spacial score (nSPS) is 15.9. The molecule has 1 aliphatic carbocycles. The van der Waals surface area contributed by atoms with Crippen molar-refractivity contribution in [2.45, 2.75) is 70.6 Å². The maximum absolute atomic E-state index is 8.88. The quantitative estimate of drug-likeness (QED) is 0.588. The maximum Gasteiger partial charge on any atom is 0.0991 e. The van der Waals surface area contributed by atoms with Crippen LogP contribution < -0.4 is 0 Å². The molecule has 20 heavy (non-hydrogen) atoms. The third kappa shape index (κ3) is 5.37. The molecule has 0 aromatic heterocycles. The van der Waals surface area contributed by atoms with Crippen molar-refractivity contribution in [3.05, 3.63) is 35.4 Å². The first-order valence-corrected chi connectivity index (χ1v) is 8.37. The average Bonchev–Trinajstić information content (AvgIpc) is 2.52. The van der Waals surface area contributed by atoms with E-state index in [0.717, 1.165) is 17.9 Å². The van der Waals surface area contributed by atoms with Crippen molar-refractivity contribution in [3.63, 3.8) is 0 Å². The number of rotatable bonds is 7. The number of unbranched alkanes of at least 4 members (excludes halogenated alkanes) is 3. The van der Waals surface area contributed by atoms with Gasteiger partial charge in [-0.25, -0.2) is 0 Å². The van der Waals surface area contributed by atoms with Gasteiger partial charge in [0.25, 0.3) is 0 Å². The number of benzene rings is 1. The Hall–Kier alpha value is -1.29. The Labute approximate surface area is 124 Å². The molecule has 1 fully saturated rings. The summed E-state index contributed by atoms with van der Waals surface area (Å²) in [5, 5.41) is 8.88. The Kier molecular flexibility index (Phi) is 6.64. The van der Waals surface area contributed by atoms with Crippen molar-refractivity contribution in [2.75, 3.05) is 0 Å². The molecule has 0 atom stereocenters. The smallest absolute Gasteiger partial charge is 0.0991 e. The molecule has 1 aromatic rings. The second-order valence-electron chi connectivity index (χ2n) is 6.27. The largest absolute Gasteiger partial charge is 0.192 e. The zero-order valence-electron chi connectivity index (χ0n) is 12.6. The summed E-state index contributed by atoms with van der Waals surface area (Å²) in [6, 6.07) is 10.3. The molecule has 1 heteroatoms. The van der Waals surface area contributed by atoms with Crippen molar-refractivity contribution in [2.24, 2.45) is 5.92 Å². The van der Waals surface area contributed by atoms with E-state index in [1.807, 2.05) is 18.2 Å². The molecule has 108 valence electrons. The van der Waals surface area contributed by atoms with Crippen LogP contribution >= 0.6 is 0 Å². The molecule has 0 spiro atoms. The Bertz CT molecular complexity index is 424. The summed E-state index contributed by atoms with van der Waals surface area (Å²) in [5.74, 6) is 1.04. The van der Waals surface area contributed by atoms with Crippen LogP contribution in [0.3, 0.4) is 0 Å². The van der Waals surface area contributed by atoms with Gasteiger partial charge in [-0.05, 0) is 36.5 Å². The van der Waals surface area contributed by atoms with Crippen molar-refractivity contribution in [1.82, 2.24) is 0 Å². The number of nitriles is 1. The summed E-state index contributed by atoms with van der Waals surface area (Å²) in [4.78, 5) is 0. The molecule has 0 aliphatic heterocycles. The lowest BCUT2D eigenvalue weighted by molar-refractivity contribution is 0.328. The summed E-state index contributed by atoms with van der Waals surface area (Å²) in [6.45, 7) is 0. The average molecular weight is 269 g/mol. The van der Waals surface area contributed by atoms with E-state index in [9.17, 15) is 0 Å². The highest BCUT2D eigenvalue weighted by atomic mass is 14.2. The van der Waals surface area contributed by atoms with E-state index in [1.165, 1.54) is 69.8 Å². The van der Waals surface area contributed by atoms with E-state index in [4.69, 9.17) is 5.26 Å². The first-order valence-electron chi connectivity index (χ1n) is 8.37. The van der Waals surface area contributed by atoms with Crippen molar-refractivity contribution in [3.8, 4) is 6.07 Å². The molecule has 0 N–H and O–H groups in total. The Morgan fingerprint density at radius 1 is 1.00 bits per heavy atom. The molecule has 1 aliphatic rings. The monoisotopic (exact) mass is 269 g/mol. The molecule has 1 nitrogen and oxygen atoms in total. The molecule has 1 aromatic carbocycles. The van der Waals surface area contributed by atoms with E-state index < -0.39 is 0 Å². The van der Waals surface area contributed by atoms with Gasteiger partial charge in [0, 0.05) is 0 Å². The molecule has 0 radical (unpaired) electrons. The summed E-state index contributed by atoms with van der Waals surface area (Å²) < 4.78 is 0. The van der Waals surface area contributed by atoms with Crippen LogP contribution in [0.2, 0.25) is 0 Å². The number of aryl methyl sites for hydroxylation is 1. The Balaban J connectivity index is 1.54. The first kappa shape index (κ1) is 15.1. The topological polar surface area (TPSA) is 23.8 Å². The predicted molar refractivity (Wildman–Crippen MR) is 84.5 cm³/mol. The van der Waals surface area contributed by atoms with Gasteiger partial charge in [0.05, 0.1) is 11.6 Å². The van der Waals surface area contributed by atoms with Crippen LogP contribution in [0.15, 0.2) is 24.3 Å². The summed E-state index contributed by atoms with van der Waals surface area (Å²) in [5.41, 5.74) is 2.11. The van der Waals surface area contributed by atoms with E-state index in [2.05, 4.69) is 12.1 Å². The van der Waals surface area contributed by atoms with Gasteiger partial charge in [-0.1, -0.05) is 69.9 Å². The van der Waals surface area contributed by atoms with E-state index in [1.54, 1.807) is 0 Å². The third-order valence-electron chi connectivity index (χ3n) is 4.61. The van der Waals surface area contributed by atoms with E-state index >= 15 is 0 Å². The molecule has 0 bridgehead atoms. The predicted octanol–water partition coefficient (Wildman–Crippen LogP) is 5.63. The summed E-state index contributed by atoms with van der Waals surface area (Å²) in [6.07, 6.45) is 15.4. The third-order valence-corrected chi connectivity index (χ3v) is 4.61. The number of hydrogen-bond donors (Lipinski definition) is 0. The molecule has 0 heterocycles. The van der Waals surface area contributed by atoms with E-state index in [0.29, 0.717) is 0 Å². The highest BCUT2D eigenvalue weighted by Gasteiger charge is 2.12. The van der Waals surface area contributed by atoms with Gasteiger partial charge >= 0.3 is 0 Å². The van der Waals surface area contributed by atoms with Gasteiger partial charge in [-0.15, -0.1) is 0 Å².